The molecule has 0 heterocycles. The van der Waals surface area contributed by atoms with Gasteiger partial charge in [0.1, 0.15) is 6.61 Å². The number of halogens is 2. The largest absolute Gasteiger partial charge is 0.489 e. The van der Waals surface area contributed by atoms with Gasteiger partial charge in [-0.25, -0.2) is 8.42 Å². The summed E-state index contributed by atoms with van der Waals surface area (Å²) >= 11 is 11.8. The highest BCUT2D eigenvalue weighted by Gasteiger charge is 2.12. The molecule has 1 rings (SSSR count). The maximum atomic E-state index is 11.5. The van der Waals surface area contributed by atoms with Crippen molar-refractivity contribution >= 4 is 38.7 Å². The first kappa shape index (κ1) is 15.4. The maximum absolute atomic E-state index is 11.5. The van der Waals surface area contributed by atoms with Gasteiger partial charge in [0.05, 0.1) is 21.6 Å². The van der Waals surface area contributed by atoms with Crippen LogP contribution in [0.15, 0.2) is 12.1 Å². The minimum Gasteiger partial charge on any atom is -0.489 e. The zero-order valence-electron chi connectivity index (χ0n) is 9.95. The summed E-state index contributed by atoms with van der Waals surface area (Å²) in [6.07, 6.45) is 0.589. The highest BCUT2D eigenvalue weighted by atomic mass is 35.5. The predicted octanol–water partition coefficient (Wildman–Crippen LogP) is 2.78. The monoisotopic (exact) mass is 311 g/mol. The van der Waals surface area contributed by atoms with Gasteiger partial charge < -0.3 is 10.5 Å². The second-order valence-electron chi connectivity index (χ2n) is 3.81. The average Bonchev–Trinajstić information content (AvgIpc) is 2.21. The first-order valence-electron chi connectivity index (χ1n) is 5.43. The highest BCUT2D eigenvalue weighted by molar-refractivity contribution is 7.91. The lowest BCUT2D eigenvalue weighted by Crippen LogP contribution is -2.17. The number of nitrogen functional groups attached to an aromatic ring is 1. The Hall–Kier alpha value is -0.650. The Morgan fingerprint density at radius 3 is 2.28 bits per heavy atom. The molecule has 1 aromatic rings. The van der Waals surface area contributed by atoms with Crippen LogP contribution in [0, 0.1) is 0 Å². The van der Waals surface area contributed by atoms with Crippen molar-refractivity contribution in [2.45, 2.75) is 13.3 Å². The number of hydrogen-bond donors (Lipinski definition) is 1. The van der Waals surface area contributed by atoms with Crippen LogP contribution in [0.3, 0.4) is 0 Å². The summed E-state index contributed by atoms with van der Waals surface area (Å²) in [5.74, 6) is 0.358. The molecule has 0 radical (unpaired) electrons. The minimum absolute atomic E-state index is 0.0195. The molecule has 18 heavy (non-hydrogen) atoms. The molecule has 0 aromatic heterocycles. The van der Waals surface area contributed by atoms with E-state index < -0.39 is 9.84 Å². The molecule has 0 aliphatic carbocycles. The van der Waals surface area contributed by atoms with Crippen molar-refractivity contribution in [2.75, 3.05) is 23.8 Å². The van der Waals surface area contributed by atoms with Gasteiger partial charge in [-0.05, 0) is 18.6 Å². The molecule has 0 bridgehead atoms. The number of hydrogen-bond acceptors (Lipinski definition) is 4. The van der Waals surface area contributed by atoms with Gasteiger partial charge in [-0.2, -0.15) is 0 Å². The molecule has 4 nitrogen and oxygen atoms in total. The van der Waals surface area contributed by atoms with Crippen LogP contribution >= 0.6 is 23.2 Å². The Balaban J connectivity index is 2.65. The van der Waals surface area contributed by atoms with E-state index in [1.54, 1.807) is 0 Å². The molecular formula is C11H15Cl2NO3S. The SMILES string of the molecule is CCCS(=O)(=O)CCOc1c(Cl)cc(N)cc1Cl. The van der Waals surface area contributed by atoms with E-state index in [-0.39, 0.29) is 33.9 Å². The van der Waals surface area contributed by atoms with Crippen LogP contribution < -0.4 is 10.5 Å². The zero-order chi connectivity index (χ0) is 13.8. The number of ether oxygens (including phenoxy) is 1. The summed E-state index contributed by atoms with van der Waals surface area (Å²) in [5, 5.41) is 0.542. The average molecular weight is 312 g/mol. The van der Waals surface area contributed by atoms with Crippen LogP contribution in [-0.2, 0) is 9.84 Å². The Labute approximate surface area is 117 Å². The molecule has 0 unspecified atom stereocenters. The van der Waals surface area contributed by atoms with E-state index in [0.29, 0.717) is 12.1 Å². The molecule has 102 valence electrons. The molecule has 7 heteroatoms. The second kappa shape index (κ2) is 6.50. The Morgan fingerprint density at radius 2 is 1.78 bits per heavy atom. The van der Waals surface area contributed by atoms with Crippen LogP contribution in [0.4, 0.5) is 5.69 Å². The number of benzene rings is 1. The Kier molecular flexibility index (Phi) is 5.56. The van der Waals surface area contributed by atoms with Crippen LogP contribution in [0.2, 0.25) is 10.0 Å². The predicted molar refractivity (Wildman–Crippen MR) is 75.3 cm³/mol. The van der Waals surface area contributed by atoms with Gasteiger partial charge >= 0.3 is 0 Å². The van der Waals surface area contributed by atoms with E-state index >= 15 is 0 Å². The number of sulfone groups is 1. The quantitative estimate of drug-likeness (QED) is 0.820. The molecule has 0 amide bonds. The van der Waals surface area contributed by atoms with Gasteiger partial charge in [0, 0.05) is 5.69 Å². The molecule has 0 saturated heterocycles. The molecule has 0 aliphatic rings. The summed E-state index contributed by atoms with van der Waals surface area (Å²) in [4.78, 5) is 0. The fraction of sp³-hybridized carbons (Fsp3) is 0.455. The van der Waals surface area contributed by atoms with Gasteiger partial charge in [0.2, 0.25) is 0 Å². The molecule has 2 N–H and O–H groups in total. The smallest absolute Gasteiger partial charge is 0.156 e. The van der Waals surface area contributed by atoms with E-state index in [0.717, 1.165) is 0 Å². The van der Waals surface area contributed by atoms with E-state index in [2.05, 4.69) is 0 Å². The lowest BCUT2D eigenvalue weighted by molar-refractivity contribution is 0.341. The third-order valence-electron chi connectivity index (χ3n) is 2.18. The fourth-order valence-electron chi connectivity index (χ4n) is 1.40. The summed E-state index contributed by atoms with van der Waals surface area (Å²) in [6.45, 7) is 1.83. The van der Waals surface area contributed by atoms with E-state index in [1.165, 1.54) is 12.1 Å². The first-order valence-corrected chi connectivity index (χ1v) is 8.01. The topological polar surface area (TPSA) is 69.4 Å². The fourth-order valence-corrected chi connectivity index (χ4v) is 3.18. The summed E-state index contributed by atoms with van der Waals surface area (Å²) in [6, 6.07) is 3.01. The highest BCUT2D eigenvalue weighted by Crippen LogP contribution is 2.34. The van der Waals surface area contributed by atoms with Gasteiger partial charge in [0.25, 0.3) is 0 Å². The van der Waals surface area contributed by atoms with E-state index in [4.69, 9.17) is 33.7 Å². The van der Waals surface area contributed by atoms with Gasteiger partial charge in [-0.1, -0.05) is 30.1 Å². The van der Waals surface area contributed by atoms with E-state index in [1.807, 2.05) is 6.92 Å². The number of anilines is 1. The first-order chi connectivity index (χ1) is 8.35. The summed E-state index contributed by atoms with van der Waals surface area (Å²) in [5.41, 5.74) is 5.97. The van der Waals surface area contributed by atoms with Crippen molar-refractivity contribution in [1.29, 1.82) is 0 Å². The molecule has 1 aromatic carbocycles. The number of rotatable bonds is 6. The molecule has 0 fully saturated rings. The summed E-state index contributed by atoms with van der Waals surface area (Å²) in [7, 11) is -3.07. The normalized spacial score (nSPS) is 11.5. The Bertz CT molecular complexity index is 494. The third kappa shape index (κ3) is 4.55. The second-order valence-corrected chi connectivity index (χ2v) is 6.93. The standard InChI is InChI=1S/C11H15Cl2NO3S/c1-2-4-18(15,16)5-3-17-11-9(12)6-8(14)7-10(11)13/h6-7H,2-5,14H2,1H3. The molecule has 0 saturated carbocycles. The van der Waals surface area contributed by atoms with Gasteiger partial charge in [0.15, 0.2) is 15.6 Å². The Morgan fingerprint density at radius 1 is 1.22 bits per heavy atom. The van der Waals surface area contributed by atoms with Crippen molar-refractivity contribution in [1.82, 2.24) is 0 Å². The lowest BCUT2D eigenvalue weighted by atomic mass is 10.3. The van der Waals surface area contributed by atoms with E-state index in [9.17, 15) is 8.42 Å². The van der Waals surface area contributed by atoms with Crippen LogP contribution in [-0.4, -0.2) is 26.5 Å². The van der Waals surface area contributed by atoms with Crippen LogP contribution in [0.1, 0.15) is 13.3 Å². The third-order valence-corrected chi connectivity index (χ3v) is 4.56. The molecule has 0 atom stereocenters. The van der Waals surface area contributed by atoms with Crippen molar-refractivity contribution < 1.29 is 13.2 Å². The maximum Gasteiger partial charge on any atom is 0.156 e. The lowest BCUT2D eigenvalue weighted by Gasteiger charge is -2.10. The molecule has 0 spiro atoms. The zero-order valence-corrected chi connectivity index (χ0v) is 12.3. The van der Waals surface area contributed by atoms with Crippen LogP contribution in [0.25, 0.3) is 0 Å². The summed E-state index contributed by atoms with van der Waals surface area (Å²) < 4.78 is 28.3. The molecule has 0 aliphatic heterocycles. The van der Waals surface area contributed by atoms with Gasteiger partial charge in [-0.15, -0.1) is 0 Å². The van der Waals surface area contributed by atoms with Crippen LogP contribution in [0.5, 0.6) is 5.75 Å². The van der Waals surface area contributed by atoms with Crippen molar-refractivity contribution in [3.8, 4) is 5.75 Å². The number of nitrogens with two attached hydrogens (primary N) is 1. The molecular weight excluding hydrogens is 297 g/mol. The van der Waals surface area contributed by atoms with Crippen molar-refractivity contribution in [3.63, 3.8) is 0 Å². The minimum atomic E-state index is -3.07. The van der Waals surface area contributed by atoms with Crippen molar-refractivity contribution in [3.05, 3.63) is 22.2 Å². The van der Waals surface area contributed by atoms with Gasteiger partial charge in [-0.3, -0.25) is 0 Å². The van der Waals surface area contributed by atoms with Crippen molar-refractivity contribution in [2.24, 2.45) is 0 Å².